The highest BCUT2D eigenvalue weighted by Crippen LogP contribution is 2.28. The number of piperazine rings is 1. The van der Waals surface area contributed by atoms with Gasteiger partial charge in [0, 0.05) is 70.0 Å². The van der Waals surface area contributed by atoms with E-state index in [4.69, 9.17) is 0 Å². The zero-order valence-corrected chi connectivity index (χ0v) is 14.8. The highest BCUT2D eigenvalue weighted by molar-refractivity contribution is 5.99. The van der Waals surface area contributed by atoms with Gasteiger partial charge in [-0.1, -0.05) is 0 Å². The SMILES string of the molecule is CN1C(=O)CCc2cc(C(=O)N3CCC(N4CCNCC4)C3)ccc21. The number of carbonyl (C=O) groups excluding carboxylic acids is 2. The molecule has 0 aromatic heterocycles. The molecule has 134 valence electrons. The van der Waals surface area contributed by atoms with Crippen LogP contribution in [0.5, 0.6) is 0 Å². The van der Waals surface area contributed by atoms with Crippen LogP contribution >= 0.6 is 0 Å². The molecule has 3 aliphatic rings. The van der Waals surface area contributed by atoms with E-state index in [1.165, 1.54) is 0 Å². The van der Waals surface area contributed by atoms with Crippen molar-refractivity contribution in [2.75, 3.05) is 51.2 Å². The molecule has 2 amide bonds. The maximum absolute atomic E-state index is 12.9. The molecule has 4 rings (SSSR count). The van der Waals surface area contributed by atoms with E-state index in [1.807, 2.05) is 23.1 Å². The Hall–Kier alpha value is -1.92. The van der Waals surface area contributed by atoms with Gasteiger partial charge in [0.05, 0.1) is 0 Å². The van der Waals surface area contributed by atoms with Crippen molar-refractivity contribution in [1.29, 1.82) is 0 Å². The molecular weight excluding hydrogens is 316 g/mol. The van der Waals surface area contributed by atoms with Gasteiger partial charge in [-0.15, -0.1) is 0 Å². The summed E-state index contributed by atoms with van der Waals surface area (Å²) in [7, 11) is 1.81. The van der Waals surface area contributed by atoms with Crippen molar-refractivity contribution in [3.05, 3.63) is 29.3 Å². The Morgan fingerprint density at radius 1 is 1.16 bits per heavy atom. The number of likely N-dealkylation sites (tertiary alicyclic amines) is 1. The van der Waals surface area contributed by atoms with Gasteiger partial charge in [0.2, 0.25) is 5.91 Å². The molecule has 0 spiro atoms. The first kappa shape index (κ1) is 16.5. The molecule has 2 fully saturated rings. The van der Waals surface area contributed by atoms with Crippen LogP contribution in [0.25, 0.3) is 0 Å². The number of amides is 2. The topological polar surface area (TPSA) is 55.9 Å². The number of aryl methyl sites for hydroxylation is 1. The summed E-state index contributed by atoms with van der Waals surface area (Å²) in [5, 5.41) is 3.38. The van der Waals surface area contributed by atoms with Gasteiger partial charge in [0.15, 0.2) is 0 Å². The second kappa shape index (κ2) is 6.77. The molecule has 1 unspecified atom stereocenters. The van der Waals surface area contributed by atoms with E-state index in [1.54, 1.807) is 11.9 Å². The highest BCUT2D eigenvalue weighted by Gasteiger charge is 2.32. The quantitative estimate of drug-likeness (QED) is 0.860. The van der Waals surface area contributed by atoms with Crippen LogP contribution in [-0.2, 0) is 11.2 Å². The predicted octanol–water partition coefficient (Wildman–Crippen LogP) is 0.715. The maximum atomic E-state index is 12.9. The average molecular weight is 342 g/mol. The van der Waals surface area contributed by atoms with Gasteiger partial charge in [0.25, 0.3) is 5.91 Å². The third kappa shape index (κ3) is 3.16. The molecule has 1 atom stereocenters. The Kier molecular flexibility index (Phi) is 4.48. The fourth-order valence-electron chi connectivity index (χ4n) is 4.24. The second-order valence-electron chi connectivity index (χ2n) is 7.28. The zero-order valence-electron chi connectivity index (χ0n) is 14.8. The first-order chi connectivity index (χ1) is 12.1. The van der Waals surface area contributed by atoms with Crippen LogP contribution in [-0.4, -0.2) is 74.0 Å². The first-order valence-electron chi connectivity index (χ1n) is 9.27. The lowest BCUT2D eigenvalue weighted by Gasteiger charge is -2.32. The van der Waals surface area contributed by atoms with Gasteiger partial charge >= 0.3 is 0 Å². The van der Waals surface area contributed by atoms with Gasteiger partial charge in [-0.3, -0.25) is 14.5 Å². The molecule has 0 radical (unpaired) electrons. The molecule has 1 aromatic rings. The molecule has 1 N–H and O–H groups in total. The standard InChI is InChI=1S/C19H26N4O2/c1-21-17-4-2-15(12-14(17)3-5-18(21)24)19(25)23-9-6-16(13-23)22-10-7-20-8-11-22/h2,4,12,16,20H,3,5-11,13H2,1H3. The summed E-state index contributed by atoms with van der Waals surface area (Å²) in [6, 6.07) is 6.27. The van der Waals surface area contributed by atoms with E-state index >= 15 is 0 Å². The molecule has 2 saturated heterocycles. The van der Waals surface area contributed by atoms with Gasteiger partial charge in [0.1, 0.15) is 0 Å². The van der Waals surface area contributed by atoms with E-state index in [0.717, 1.165) is 68.9 Å². The molecule has 0 bridgehead atoms. The van der Waals surface area contributed by atoms with Gasteiger partial charge < -0.3 is 15.1 Å². The Labute approximate surface area is 148 Å². The molecule has 3 heterocycles. The normalized spacial score (nSPS) is 24.5. The molecule has 0 aliphatic carbocycles. The van der Waals surface area contributed by atoms with Crippen molar-refractivity contribution in [3.8, 4) is 0 Å². The minimum atomic E-state index is 0.125. The lowest BCUT2D eigenvalue weighted by molar-refractivity contribution is -0.118. The monoisotopic (exact) mass is 342 g/mol. The van der Waals surface area contributed by atoms with Gasteiger partial charge in [-0.25, -0.2) is 0 Å². The number of fused-ring (bicyclic) bond motifs is 1. The highest BCUT2D eigenvalue weighted by atomic mass is 16.2. The van der Waals surface area contributed by atoms with E-state index in [2.05, 4.69) is 10.2 Å². The molecule has 1 aromatic carbocycles. The largest absolute Gasteiger partial charge is 0.337 e. The van der Waals surface area contributed by atoms with Crippen LogP contribution in [0.15, 0.2) is 18.2 Å². The summed E-state index contributed by atoms with van der Waals surface area (Å²) in [5.41, 5.74) is 2.79. The van der Waals surface area contributed by atoms with Gasteiger partial charge in [-0.2, -0.15) is 0 Å². The number of nitrogens with one attached hydrogen (secondary N) is 1. The zero-order chi connectivity index (χ0) is 17.4. The molecule has 3 aliphatic heterocycles. The number of hydrogen-bond donors (Lipinski definition) is 1. The number of hydrogen-bond acceptors (Lipinski definition) is 4. The molecule has 25 heavy (non-hydrogen) atoms. The Bertz CT molecular complexity index is 684. The van der Waals surface area contributed by atoms with Crippen LogP contribution in [0.2, 0.25) is 0 Å². The summed E-state index contributed by atoms with van der Waals surface area (Å²) in [6.07, 6.45) is 2.31. The van der Waals surface area contributed by atoms with Gasteiger partial charge in [-0.05, 0) is 36.6 Å². The minimum absolute atomic E-state index is 0.125. The van der Waals surface area contributed by atoms with E-state index < -0.39 is 0 Å². The number of benzene rings is 1. The number of nitrogens with zero attached hydrogens (tertiary/aromatic N) is 3. The number of anilines is 1. The summed E-state index contributed by atoms with van der Waals surface area (Å²) in [6.45, 7) is 5.90. The van der Waals surface area contributed by atoms with Crippen molar-refractivity contribution in [3.63, 3.8) is 0 Å². The Morgan fingerprint density at radius 3 is 2.76 bits per heavy atom. The second-order valence-corrected chi connectivity index (χ2v) is 7.28. The third-order valence-electron chi connectivity index (χ3n) is 5.79. The van der Waals surface area contributed by atoms with Crippen molar-refractivity contribution in [2.45, 2.75) is 25.3 Å². The fourth-order valence-corrected chi connectivity index (χ4v) is 4.24. The van der Waals surface area contributed by atoms with Crippen LogP contribution in [0, 0.1) is 0 Å². The van der Waals surface area contributed by atoms with Crippen LogP contribution in [0.4, 0.5) is 5.69 Å². The van der Waals surface area contributed by atoms with E-state index in [9.17, 15) is 9.59 Å². The van der Waals surface area contributed by atoms with E-state index in [0.29, 0.717) is 12.5 Å². The van der Waals surface area contributed by atoms with Crippen molar-refractivity contribution in [2.24, 2.45) is 0 Å². The average Bonchev–Trinajstić information content (AvgIpc) is 3.15. The van der Waals surface area contributed by atoms with Crippen molar-refractivity contribution < 1.29 is 9.59 Å². The summed E-state index contributed by atoms with van der Waals surface area (Å²) in [4.78, 5) is 30.9. The summed E-state index contributed by atoms with van der Waals surface area (Å²) in [5.74, 6) is 0.268. The third-order valence-corrected chi connectivity index (χ3v) is 5.79. The summed E-state index contributed by atoms with van der Waals surface area (Å²) < 4.78 is 0. The van der Waals surface area contributed by atoms with Crippen molar-refractivity contribution in [1.82, 2.24) is 15.1 Å². The smallest absolute Gasteiger partial charge is 0.253 e. The van der Waals surface area contributed by atoms with Crippen LogP contribution in [0.3, 0.4) is 0 Å². The molecule has 0 saturated carbocycles. The molecular formula is C19H26N4O2. The van der Waals surface area contributed by atoms with Crippen LogP contribution in [0.1, 0.15) is 28.8 Å². The summed E-state index contributed by atoms with van der Waals surface area (Å²) >= 11 is 0. The van der Waals surface area contributed by atoms with E-state index in [-0.39, 0.29) is 11.8 Å². The minimum Gasteiger partial charge on any atom is -0.337 e. The predicted molar refractivity (Wildman–Crippen MR) is 96.9 cm³/mol. The maximum Gasteiger partial charge on any atom is 0.253 e. The number of carbonyl (C=O) groups is 2. The Morgan fingerprint density at radius 2 is 1.96 bits per heavy atom. The number of rotatable bonds is 2. The lowest BCUT2D eigenvalue weighted by Crippen LogP contribution is -2.49. The first-order valence-corrected chi connectivity index (χ1v) is 9.27. The fraction of sp³-hybridized carbons (Fsp3) is 0.579. The van der Waals surface area contributed by atoms with Crippen molar-refractivity contribution >= 4 is 17.5 Å². The van der Waals surface area contributed by atoms with Crippen LogP contribution < -0.4 is 10.2 Å². The Balaban J connectivity index is 1.45. The molecule has 6 nitrogen and oxygen atoms in total. The lowest BCUT2D eigenvalue weighted by atomic mass is 9.99. The molecule has 6 heteroatoms.